The summed E-state index contributed by atoms with van der Waals surface area (Å²) in [5.41, 5.74) is 10.8. The van der Waals surface area contributed by atoms with E-state index < -0.39 is 0 Å². The number of benzene rings is 2. The lowest BCUT2D eigenvalue weighted by atomic mass is 9.77. The Hall–Kier alpha value is -1.23. The van der Waals surface area contributed by atoms with Crippen molar-refractivity contribution in [1.29, 1.82) is 0 Å². The number of rotatable bonds is 3. The topological polar surface area (TPSA) is 38.0 Å². The highest BCUT2D eigenvalue weighted by molar-refractivity contribution is 14.1. The van der Waals surface area contributed by atoms with Gasteiger partial charge in [0.25, 0.3) is 0 Å². The fourth-order valence-electron chi connectivity index (χ4n) is 2.47. The fraction of sp³-hybridized carbons (Fsp3) is 0.200. The lowest BCUT2D eigenvalue weighted by molar-refractivity contribution is 0.636. The quantitative estimate of drug-likeness (QED) is 0.655. The number of halogens is 1. The summed E-state index contributed by atoms with van der Waals surface area (Å²) in [6, 6.07) is 14.8. The number of hydrogen-bond acceptors (Lipinski definition) is 2. The summed E-state index contributed by atoms with van der Waals surface area (Å²) in [6.45, 7) is 0.960. The van der Waals surface area contributed by atoms with Crippen molar-refractivity contribution in [3.8, 4) is 0 Å². The van der Waals surface area contributed by atoms with Gasteiger partial charge in [-0.3, -0.25) is 0 Å². The van der Waals surface area contributed by atoms with Crippen molar-refractivity contribution in [2.75, 3.05) is 17.6 Å². The first-order chi connectivity index (χ1) is 8.74. The molecule has 2 nitrogen and oxygen atoms in total. The summed E-state index contributed by atoms with van der Waals surface area (Å²) in [5.74, 6) is 0.625. The molecule has 92 valence electrons. The van der Waals surface area contributed by atoms with Crippen LogP contribution in [0.15, 0.2) is 42.5 Å². The molecule has 3 N–H and O–H groups in total. The molecule has 0 heterocycles. The highest BCUT2D eigenvalue weighted by atomic mass is 127. The Labute approximate surface area is 121 Å². The molecular formula is C15H15IN2. The highest BCUT2D eigenvalue weighted by Gasteiger charge is 2.24. The van der Waals surface area contributed by atoms with Crippen molar-refractivity contribution in [2.24, 2.45) is 0 Å². The third kappa shape index (κ3) is 2.19. The zero-order chi connectivity index (χ0) is 12.5. The molecular weight excluding hydrogens is 335 g/mol. The van der Waals surface area contributed by atoms with Gasteiger partial charge >= 0.3 is 0 Å². The van der Waals surface area contributed by atoms with Crippen LogP contribution in [0.25, 0.3) is 0 Å². The van der Waals surface area contributed by atoms with Crippen molar-refractivity contribution in [3.63, 3.8) is 0 Å². The molecule has 18 heavy (non-hydrogen) atoms. The Morgan fingerprint density at radius 3 is 2.83 bits per heavy atom. The van der Waals surface area contributed by atoms with Crippen molar-refractivity contribution in [3.05, 3.63) is 57.2 Å². The van der Waals surface area contributed by atoms with Gasteiger partial charge in [-0.1, -0.05) is 24.3 Å². The molecule has 0 aromatic heterocycles. The van der Waals surface area contributed by atoms with Gasteiger partial charge in [-0.25, -0.2) is 0 Å². The molecule has 1 aliphatic rings. The maximum atomic E-state index is 5.99. The normalized spacial score (nSPS) is 16.8. The van der Waals surface area contributed by atoms with E-state index in [9.17, 15) is 0 Å². The molecule has 0 spiro atoms. The standard InChI is InChI=1S/C15H15IN2/c16-12-5-6-15(14(17)8-12)18-9-11-7-10-3-1-2-4-13(10)11/h1-6,8,11,18H,7,9,17H2. The average Bonchev–Trinajstić information content (AvgIpc) is 2.33. The molecule has 3 heteroatoms. The summed E-state index contributed by atoms with van der Waals surface area (Å²) in [7, 11) is 0. The van der Waals surface area contributed by atoms with E-state index in [1.807, 2.05) is 6.07 Å². The van der Waals surface area contributed by atoms with Crippen LogP contribution in [0.4, 0.5) is 11.4 Å². The van der Waals surface area contributed by atoms with Crippen LogP contribution in [0.2, 0.25) is 0 Å². The van der Waals surface area contributed by atoms with Gasteiger partial charge in [0.15, 0.2) is 0 Å². The van der Waals surface area contributed by atoms with Gasteiger partial charge < -0.3 is 11.1 Å². The average molecular weight is 350 g/mol. The second kappa shape index (κ2) is 4.80. The van der Waals surface area contributed by atoms with Gasteiger partial charge in [0.1, 0.15) is 0 Å². The van der Waals surface area contributed by atoms with Crippen molar-refractivity contribution >= 4 is 34.0 Å². The van der Waals surface area contributed by atoms with E-state index >= 15 is 0 Å². The molecule has 2 aromatic rings. The Morgan fingerprint density at radius 2 is 2.06 bits per heavy atom. The number of nitrogen functional groups attached to an aromatic ring is 1. The predicted octanol–water partition coefficient (Wildman–Crippen LogP) is 3.63. The lowest BCUT2D eigenvalue weighted by Gasteiger charge is -2.30. The number of nitrogens with two attached hydrogens (primary N) is 1. The van der Waals surface area contributed by atoms with E-state index in [0.717, 1.165) is 17.9 Å². The Morgan fingerprint density at radius 1 is 1.22 bits per heavy atom. The first-order valence-corrected chi connectivity index (χ1v) is 7.18. The zero-order valence-electron chi connectivity index (χ0n) is 9.99. The maximum Gasteiger partial charge on any atom is 0.0574 e. The van der Waals surface area contributed by atoms with Crippen LogP contribution in [0, 0.1) is 3.57 Å². The van der Waals surface area contributed by atoms with Crippen LogP contribution >= 0.6 is 22.6 Å². The molecule has 0 bridgehead atoms. The first-order valence-electron chi connectivity index (χ1n) is 6.11. The Kier molecular flexibility index (Phi) is 3.16. The van der Waals surface area contributed by atoms with Crippen LogP contribution in [0.5, 0.6) is 0 Å². The van der Waals surface area contributed by atoms with Crippen LogP contribution in [0.1, 0.15) is 17.0 Å². The van der Waals surface area contributed by atoms with E-state index in [1.165, 1.54) is 21.1 Å². The molecule has 0 amide bonds. The van der Waals surface area contributed by atoms with Crippen LogP contribution < -0.4 is 11.1 Å². The molecule has 0 saturated carbocycles. The van der Waals surface area contributed by atoms with Crippen molar-refractivity contribution in [2.45, 2.75) is 12.3 Å². The summed E-state index contributed by atoms with van der Waals surface area (Å²) in [6.07, 6.45) is 1.17. The van der Waals surface area contributed by atoms with Gasteiger partial charge in [0.2, 0.25) is 0 Å². The van der Waals surface area contributed by atoms with Crippen molar-refractivity contribution in [1.82, 2.24) is 0 Å². The van der Waals surface area contributed by atoms with Crippen LogP contribution in [-0.2, 0) is 6.42 Å². The number of fused-ring (bicyclic) bond motifs is 1. The largest absolute Gasteiger partial charge is 0.397 e. The highest BCUT2D eigenvalue weighted by Crippen LogP contribution is 2.35. The van der Waals surface area contributed by atoms with Gasteiger partial charge in [0, 0.05) is 16.0 Å². The second-order valence-corrected chi connectivity index (χ2v) is 5.96. The number of hydrogen-bond donors (Lipinski definition) is 2. The van der Waals surface area contributed by atoms with Crippen LogP contribution in [-0.4, -0.2) is 6.54 Å². The molecule has 3 rings (SSSR count). The van der Waals surface area contributed by atoms with E-state index in [-0.39, 0.29) is 0 Å². The first kappa shape index (κ1) is 11.8. The summed E-state index contributed by atoms with van der Waals surface area (Å²) in [4.78, 5) is 0. The van der Waals surface area contributed by atoms with Crippen LogP contribution in [0.3, 0.4) is 0 Å². The SMILES string of the molecule is Nc1cc(I)ccc1NCC1Cc2ccccc21. The summed E-state index contributed by atoms with van der Waals surface area (Å²) < 4.78 is 1.17. The lowest BCUT2D eigenvalue weighted by Crippen LogP contribution is -2.24. The summed E-state index contributed by atoms with van der Waals surface area (Å²) in [5, 5.41) is 3.45. The molecule has 0 fully saturated rings. The molecule has 0 saturated heterocycles. The molecule has 2 aromatic carbocycles. The molecule has 1 atom stereocenters. The number of anilines is 2. The molecule has 1 unspecified atom stereocenters. The van der Waals surface area contributed by atoms with E-state index in [2.05, 4.69) is 64.3 Å². The van der Waals surface area contributed by atoms with E-state index in [0.29, 0.717) is 5.92 Å². The predicted molar refractivity (Wildman–Crippen MR) is 84.9 cm³/mol. The van der Waals surface area contributed by atoms with E-state index in [4.69, 9.17) is 5.73 Å². The van der Waals surface area contributed by atoms with Gasteiger partial charge in [-0.15, -0.1) is 0 Å². The maximum absolute atomic E-state index is 5.99. The minimum atomic E-state index is 0.625. The minimum absolute atomic E-state index is 0.625. The van der Waals surface area contributed by atoms with Gasteiger partial charge in [0.05, 0.1) is 11.4 Å². The third-order valence-electron chi connectivity index (χ3n) is 3.51. The Balaban J connectivity index is 1.66. The van der Waals surface area contributed by atoms with Gasteiger partial charge in [-0.2, -0.15) is 0 Å². The zero-order valence-corrected chi connectivity index (χ0v) is 12.1. The molecule has 0 radical (unpaired) electrons. The molecule has 0 aliphatic heterocycles. The third-order valence-corrected chi connectivity index (χ3v) is 4.18. The molecule has 1 aliphatic carbocycles. The smallest absolute Gasteiger partial charge is 0.0574 e. The minimum Gasteiger partial charge on any atom is -0.397 e. The number of nitrogens with one attached hydrogen (secondary N) is 1. The second-order valence-electron chi connectivity index (χ2n) is 4.71. The van der Waals surface area contributed by atoms with Crippen molar-refractivity contribution < 1.29 is 0 Å². The Bertz CT molecular complexity index is 580. The summed E-state index contributed by atoms with van der Waals surface area (Å²) >= 11 is 2.27. The van der Waals surface area contributed by atoms with E-state index in [1.54, 1.807) is 0 Å². The fourth-order valence-corrected chi connectivity index (χ4v) is 2.99. The van der Waals surface area contributed by atoms with Gasteiger partial charge in [-0.05, 0) is 58.3 Å². The monoisotopic (exact) mass is 350 g/mol.